The van der Waals surface area contributed by atoms with Crippen molar-refractivity contribution in [3.05, 3.63) is 29.8 Å². The highest BCUT2D eigenvalue weighted by atomic mass is 16.5. The molecule has 28 heavy (non-hydrogen) atoms. The van der Waals surface area contributed by atoms with Crippen LogP contribution in [0.3, 0.4) is 0 Å². The molecule has 1 aromatic rings. The van der Waals surface area contributed by atoms with Gasteiger partial charge in [-0.3, -0.25) is 9.59 Å². The minimum atomic E-state index is -0.565. The van der Waals surface area contributed by atoms with Crippen molar-refractivity contribution < 1.29 is 23.9 Å². The molecule has 0 aromatic heterocycles. The Kier molecular flexibility index (Phi) is 6.54. The summed E-state index contributed by atoms with van der Waals surface area (Å²) in [6, 6.07) is 7.07. The minimum Gasteiger partial charge on any atom is -0.484 e. The Morgan fingerprint density at radius 2 is 1.64 bits per heavy atom. The molecule has 0 spiro atoms. The summed E-state index contributed by atoms with van der Waals surface area (Å²) in [5, 5.41) is 2.76. The fraction of sp³-hybridized carbons (Fsp3) is 0.571. The van der Waals surface area contributed by atoms with Gasteiger partial charge in [0.1, 0.15) is 5.75 Å². The molecular weight excluding hydrogens is 360 g/mol. The maximum absolute atomic E-state index is 12.5. The number of likely N-dealkylation sites (tertiary alicyclic amines) is 1. The number of esters is 1. The lowest BCUT2D eigenvalue weighted by Crippen LogP contribution is -2.49. The van der Waals surface area contributed by atoms with Gasteiger partial charge in [0.05, 0.1) is 5.56 Å². The van der Waals surface area contributed by atoms with Gasteiger partial charge in [0, 0.05) is 18.1 Å². The summed E-state index contributed by atoms with van der Waals surface area (Å²) in [7, 11) is 0. The molecule has 7 nitrogen and oxygen atoms in total. The normalized spacial score (nSPS) is 21.7. The minimum absolute atomic E-state index is 0.0233. The summed E-state index contributed by atoms with van der Waals surface area (Å²) in [6.07, 6.45) is 5.16. The average molecular weight is 388 g/mol. The second-order valence-electron chi connectivity index (χ2n) is 7.66. The number of amides is 2. The number of nitrogens with zero attached hydrogens (tertiary/aromatic N) is 1. The zero-order valence-corrected chi connectivity index (χ0v) is 16.5. The molecule has 1 heterocycles. The van der Waals surface area contributed by atoms with Crippen molar-refractivity contribution in [1.82, 2.24) is 10.2 Å². The van der Waals surface area contributed by atoms with E-state index < -0.39 is 5.97 Å². The molecular formula is C21H28N2O5. The quantitative estimate of drug-likeness (QED) is 0.725. The van der Waals surface area contributed by atoms with Crippen molar-refractivity contribution in [2.45, 2.75) is 64.1 Å². The first-order valence-electron chi connectivity index (χ1n) is 9.94. The van der Waals surface area contributed by atoms with Gasteiger partial charge in [-0.1, -0.05) is 0 Å². The van der Waals surface area contributed by atoms with Crippen molar-refractivity contribution in [3.63, 3.8) is 0 Å². The SMILES string of the molecule is CC1CCCC(C)N1C(=O)COc1ccc(C(=O)OCC(=O)NC2CC2)cc1. The third kappa shape index (κ3) is 5.47. The van der Waals surface area contributed by atoms with E-state index in [2.05, 4.69) is 19.2 Å². The summed E-state index contributed by atoms with van der Waals surface area (Å²) in [4.78, 5) is 38.0. The lowest BCUT2D eigenvalue weighted by atomic mass is 9.97. The molecule has 0 bridgehead atoms. The first kappa shape index (κ1) is 20.2. The van der Waals surface area contributed by atoms with Gasteiger partial charge in [0.15, 0.2) is 13.2 Å². The van der Waals surface area contributed by atoms with Gasteiger partial charge in [-0.05, 0) is 70.2 Å². The van der Waals surface area contributed by atoms with E-state index in [4.69, 9.17) is 9.47 Å². The lowest BCUT2D eigenvalue weighted by molar-refractivity contribution is -0.139. The number of ether oxygens (including phenoxy) is 2. The maximum atomic E-state index is 12.5. The Labute approximate surface area is 165 Å². The Hall–Kier alpha value is -2.57. The second kappa shape index (κ2) is 9.08. The van der Waals surface area contributed by atoms with Gasteiger partial charge >= 0.3 is 5.97 Å². The van der Waals surface area contributed by atoms with Crippen molar-refractivity contribution in [1.29, 1.82) is 0 Å². The Morgan fingerprint density at radius 3 is 2.25 bits per heavy atom. The van der Waals surface area contributed by atoms with Crippen LogP contribution in [-0.4, -0.2) is 54.0 Å². The van der Waals surface area contributed by atoms with Crippen molar-refractivity contribution in [2.24, 2.45) is 0 Å². The predicted octanol–water partition coefficient (Wildman–Crippen LogP) is 2.29. The summed E-state index contributed by atoms with van der Waals surface area (Å²) in [5.74, 6) is -0.362. The molecule has 2 fully saturated rings. The molecule has 1 aromatic carbocycles. The largest absolute Gasteiger partial charge is 0.484 e. The van der Waals surface area contributed by atoms with Crippen LogP contribution in [-0.2, 0) is 14.3 Å². The van der Waals surface area contributed by atoms with Crippen LogP contribution in [0.4, 0.5) is 0 Å². The van der Waals surface area contributed by atoms with Crippen molar-refractivity contribution in [3.8, 4) is 5.75 Å². The summed E-state index contributed by atoms with van der Waals surface area (Å²) >= 11 is 0. The van der Waals surface area contributed by atoms with Gasteiger partial charge in [-0.2, -0.15) is 0 Å². The highest BCUT2D eigenvalue weighted by Gasteiger charge is 2.29. The molecule has 1 aliphatic heterocycles. The van der Waals surface area contributed by atoms with Gasteiger partial charge in [-0.15, -0.1) is 0 Å². The number of rotatable bonds is 7. The van der Waals surface area contributed by atoms with E-state index in [0.717, 1.165) is 32.1 Å². The van der Waals surface area contributed by atoms with E-state index in [0.29, 0.717) is 11.3 Å². The number of nitrogens with one attached hydrogen (secondary N) is 1. The highest BCUT2D eigenvalue weighted by molar-refractivity contribution is 5.91. The average Bonchev–Trinajstić information content (AvgIpc) is 3.48. The van der Waals surface area contributed by atoms with Gasteiger partial charge < -0.3 is 19.7 Å². The third-order valence-electron chi connectivity index (χ3n) is 5.21. The first-order chi connectivity index (χ1) is 13.4. The molecule has 7 heteroatoms. The van der Waals surface area contributed by atoms with Gasteiger partial charge in [0.2, 0.25) is 0 Å². The fourth-order valence-corrected chi connectivity index (χ4v) is 3.53. The van der Waals surface area contributed by atoms with Gasteiger partial charge in [-0.25, -0.2) is 4.79 Å². The second-order valence-corrected chi connectivity index (χ2v) is 7.66. The van der Waals surface area contributed by atoms with E-state index in [1.54, 1.807) is 24.3 Å². The monoisotopic (exact) mass is 388 g/mol. The number of piperidine rings is 1. The van der Waals surface area contributed by atoms with Crippen LogP contribution in [0.2, 0.25) is 0 Å². The molecule has 2 amide bonds. The van der Waals surface area contributed by atoms with E-state index >= 15 is 0 Å². The summed E-state index contributed by atoms with van der Waals surface area (Å²) < 4.78 is 10.6. The molecule has 1 aliphatic carbocycles. The molecule has 1 saturated carbocycles. The molecule has 2 unspecified atom stereocenters. The molecule has 1 saturated heterocycles. The summed E-state index contributed by atoms with van der Waals surface area (Å²) in [5.41, 5.74) is 0.330. The zero-order valence-electron chi connectivity index (χ0n) is 16.5. The molecule has 2 atom stereocenters. The first-order valence-corrected chi connectivity index (χ1v) is 9.94. The number of carbonyl (C=O) groups excluding carboxylic acids is 3. The summed E-state index contributed by atoms with van der Waals surface area (Å²) in [6.45, 7) is 3.83. The molecule has 152 valence electrons. The van der Waals surface area contributed by atoms with Crippen LogP contribution in [0.1, 0.15) is 56.3 Å². The fourth-order valence-electron chi connectivity index (χ4n) is 3.53. The molecule has 0 radical (unpaired) electrons. The van der Waals surface area contributed by atoms with Crippen LogP contribution in [0.5, 0.6) is 5.75 Å². The Balaban J connectivity index is 1.45. The van der Waals surface area contributed by atoms with Crippen LogP contribution in [0.25, 0.3) is 0 Å². The standard InChI is InChI=1S/C21H28N2O5/c1-14-4-3-5-15(2)23(14)20(25)13-27-18-10-6-16(7-11-18)21(26)28-12-19(24)22-17-8-9-17/h6-7,10-11,14-15,17H,3-5,8-9,12-13H2,1-2H3,(H,22,24). The number of hydrogen-bond donors (Lipinski definition) is 1. The lowest BCUT2D eigenvalue weighted by Gasteiger charge is -2.38. The van der Waals surface area contributed by atoms with Crippen LogP contribution in [0.15, 0.2) is 24.3 Å². The molecule has 3 rings (SSSR count). The molecule has 2 aliphatic rings. The topological polar surface area (TPSA) is 84.9 Å². The number of hydrogen-bond acceptors (Lipinski definition) is 5. The van der Waals surface area contributed by atoms with E-state index in [1.165, 1.54) is 0 Å². The van der Waals surface area contributed by atoms with E-state index in [1.807, 2.05) is 4.90 Å². The maximum Gasteiger partial charge on any atom is 0.338 e. The molecule has 1 N–H and O–H groups in total. The van der Waals surface area contributed by atoms with Crippen LogP contribution >= 0.6 is 0 Å². The smallest absolute Gasteiger partial charge is 0.338 e. The van der Waals surface area contributed by atoms with Gasteiger partial charge in [0.25, 0.3) is 11.8 Å². The Morgan fingerprint density at radius 1 is 1.00 bits per heavy atom. The predicted molar refractivity (Wildman–Crippen MR) is 103 cm³/mol. The Bertz CT molecular complexity index is 704. The van der Waals surface area contributed by atoms with Crippen molar-refractivity contribution in [2.75, 3.05) is 13.2 Å². The van der Waals surface area contributed by atoms with Crippen LogP contribution in [0, 0.1) is 0 Å². The highest BCUT2D eigenvalue weighted by Crippen LogP contribution is 2.23. The van der Waals surface area contributed by atoms with Crippen molar-refractivity contribution >= 4 is 17.8 Å². The van der Waals surface area contributed by atoms with Crippen LogP contribution < -0.4 is 10.1 Å². The zero-order chi connectivity index (χ0) is 20.1. The number of benzene rings is 1. The number of carbonyl (C=O) groups is 3. The third-order valence-corrected chi connectivity index (χ3v) is 5.21. The van der Waals surface area contributed by atoms with E-state index in [-0.39, 0.29) is 43.2 Å². The van der Waals surface area contributed by atoms with E-state index in [9.17, 15) is 14.4 Å².